The number of nitrogens with zero attached hydrogens (tertiary/aromatic N) is 2. The number of aromatic amines is 1. The largest absolute Gasteiger partial charge is 0.487 e. The monoisotopic (exact) mass is 453 g/mol. The van der Waals surface area contributed by atoms with Crippen LogP contribution in [0.1, 0.15) is 57.5 Å². The van der Waals surface area contributed by atoms with Crippen molar-refractivity contribution < 1.29 is 14.3 Å². The molecule has 0 fully saturated rings. The highest BCUT2D eigenvalue weighted by Gasteiger charge is 2.25. The zero-order chi connectivity index (χ0) is 23.3. The summed E-state index contributed by atoms with van der Waals surface area (Å²) in [5.74, 6) is 2.45. The third kappa shape index (κ3) is 4.86. The Balaban J connectivity index is 1.49. The van der Waals surface area contributed by atoms with Gasteiger partial charge in [-0.3, -0.25) is 9.78 Å². The Bertz CT molecular complexity index is 1250. The second-order valence-electron chi connectivity index (χ2n) is 8.53. The molecule has 1 aliphatic carbocycles. The molecule has 4 aromatic rings. The molecule has 0 saturated carbocycles. The molecule has 0 amide bonds. The van der Waals surface area contributed by atoms with Gasteiger partial charge in [0.2, 0.25) is 0 Å². The normalized spacial score (nSPS) is 13.9. The van der Waals surface area contributed by atoms with Gasteiger partial charge in [-0.05, 0) is 55.2 Å². The fraction of sp³-hybridized carbons (Fsp3) is 0.250. The lowest BCUT2D eigenvalue weighted by Crippen LogP contribution is -2.18. The highest BCUT2D eigenvalue weighted by Crippen LogP contribution is 2.35. The van der Waals surface area contributed by atoms with E-state index in [1.807, 2.05) is 55.6 Å². The van der Waals surface area contributed by atoms with Crippen molar-refractivity contribution in [2.45, 2.75) is 45.3 Å². The van der Waals surface area contributed by atoms with E-state index in [-0.39, 0.29) is 11.9 Å². The number of carbonyl (C=O) groups excluding carboxylic acids is 1. The number of fused-ring (bicyclic) bond motifs is 1. The SMILES string of the molecule is Cc1ccc(OCc2c(O[C@@H](Cc3ncc[nH]3)c3ccccc3)ccc3c2CCCC3=O)cn1. The van der Waals surface area contributed by atoms with Crippen LogP contribution in [-0.4, -0.2) is 20.7 Å². The minimum absolute atomic E-state index is 0.182. The van der Waals surface area contributed by atoms with Crippen molar-refractivity contribution in [3.8, 4) is 11.5 Å². The maximum Gasteiger partial charge on any atom is 0.163 e. The summed E-state index contributed by atoms with van der Waals surface area (Å²) in [6.45, 7) is 2.25. The number of nitrogens with one attached hydrogen (secondary N) is 1. The van der Waals surface area contributed by atoms with Gasteiger partial charge in [0, 0.05) is 42.1 Å². The molecule has 0 aliphatic heterocycles. The van der Waals surface area contributed by atoms with Gasteiger partial charge in [-0.1, -0.05) is 30.3 Å². The van der Waals surface area contributed by atoms with Crippen LogP contribution in [0.15, 0.2) is 73.2 Å². The zero-order valence-corrected chi connectivity index (χ0v) is 19.2. The number of imidazole rings is 1. The second-order valence-corrected chi connectivity index (χ2v) is 8.53. The molecule has 0 unspecified atom stereocenters. The molecule has 6 heteroatoms. The Morgan fingerprint density at radius 3 is 2.68 bits per heavy atom. The van der Waals surface area contributed by atoms with Gasteiger partial charge < -0.3 is 14.5 Å². The molecule has 0 saturated heterocycles. The van der Waals surface area contributed by atoms with E-state index in [0.29, 0.717) is 25.2 Å². The third-order valence-corrected chi connectivity index (χ3v) is 6.16. The molecular weight excluding hydrogens is 426 g/mol. The van der Waals surface area contributed by atoms with Crippen LogP contribution < -0.4 is 9.47 Å². The Morgan fingerprint density at radius 1 is 1.03 bits per heavy atom. The molecule has 172 valence electrons. The number of ketones is 1. The molecule has 5 rings (SSSR count). The molecular formula is C28H27N3O3. The van der Waals surface area contributed by atoms with Crippen LogP contribution >= 0.6 is 0 Å². The van der Waals surface area contributed by atoms with Crippen molar-refractivity contribution in [2.75, 3.05) is 0 Å². The Kier molecular flexibility index (Phi) is 6.38. The van der Waals surface area contributed by atoms with Crippen molar-refractivity contribution in [1.29, 1.82) is 0 Å². The third-order valence-electron chi connectivity index (χ3n) is 6.16. The maximum absolute atomic E-state index is 12.6. The number of aromatic nitrogens is 3. The molecule has 0 radical (unpaired) electrons. The first-order valence-electron chi connectivity index (χ1n) is 11.6. The van der Waals surface area contributed by atoms with Gasteiger partial charge in [-0.15, -0.1) is 0 Å². The molecule has 0 spiro atoms. The standard InChI is InChI=1S/C28H27N3O3/c1-19-10-11-21(17-31-19)33-18-24-22-8-5-9-25(32)23(22)12-13-26(24)34-27(16-28-29-14-15-30-28)20-6-3-2-4-7-20/h2-4,6-7,10-15,17,27H,5,8-9,16,18H2,1H3,(H,29,30)/t27-/m0/s1. The molecule has 34 heavy (non-hydrogen) atoms. The van der Waals surface area contributed by atoms with E-state index in [9.17, 15) is 4.79 Å². The maximum atomic E-state index is 12.6. The van der Waals surface area contributed by atoms with Crippen LogP contribution in [-0.2, 0) is 19.4 Å². The molecule has 1 N–H and O–H groups in total. The number of hydrogen-bond acceptors (Lipinski definition) is 5. The number of pyridine rings is 1. The fourth-order valence-corrected chi connectivity index (χ4v) is 4.38. The summed E-state index contributed by atoms with van der Waals surface area (Å²) in [7, 11) is 0. The van der Waals surface area contributed by atoms with Crippen LogP contribution in [0, 0.1) is 6.92 Å². The van der Waals surface area contributed by atoms with E-state index in [1.165, 1.54) is 0 Å². The summed E-state index contributed by atoms with van der Waals surface area (Å²) in [5, 5.41) is 0. The first-order valence-corrected chi connectivity index (χ1v) is 11.6. The number of ether oxygens (including phenoxy) is 2. The number of aryl methyl sites for hydroxylation is 1. The summed E-state index contributed by atoms with van der Waals surface area (Å²) in [6.07, 6.45) is 7.88. The lowest BCUT2D eigenvalue weighted by molar-refractivity contribution is 0.0971. The number of hydrogen-bond donors (Lipinski definition) is 1. The van der Waals surface area contributed by atoms with Crippen LogP contribution in [0.4, 0.5) is 0 Å². The van der Waals surface area contributed by atoms with E-state index in [1.54, 1.807) is 12.4 Å². The van der Waals surface area contributed by atoms with Gasteiger partial charge in [-0.2, -0.15) is 0 Å². The molecule has 6 nitrogen and oxygen atoms in total. The van der Waals surface area contributed by atoms with Crippen LogP contribution in [0.3, 0.4) is 0 Å². The van der Waals surface area contributed by atoms with Crippen LogP contribution in [0.2, 0.25) is 0 Å². The van der Waals surface area contributed by atoms with Gasteiger partial charge >= 0.3 is 0 Å². The van der Waals surface area contributed by atoms with Gasteiger partial charge in [-0.25, -0.2) is 4.98 Å². The smallest absolute Gasteiger partial charge is 0.163 e. The van der Waals surface area contributed by atoms with Crippen molar-refractivity contribution >= 4 is 5.78 Å². The summed E-state index contributed by atoms with van der Waals surface area (Å²) in [5.41, 5.74) is 4.72. The summed E-state index contributed by atoms with van der Waals surface area (Å²) in [6, 6.07) is 17.8. The summed E-state index contributed by atoms with van der Waals surface area (Å²) < 4.78 is 12.8. The molecule has 2 aromatic heterocycles. The average Bonchev–Trinajstić information content (AvgIpc) is 3.38. The van der Waals surface area contributed by atoms with Crippen molar-refractivity contribution in [1.82, 2.24) is 15.0 Å². The van der Waals surface area contributed by atoms with E-state index in [4.69, 9.17) is 9.47 Å². The minimum atomic E-state index is -0.246. The molecule has 1 atom stereocenters. The number of rotatable bonds is 8. The molecule has 2 heterocycles. The minimum Gasteiger partial charge on any atom is -0.487 e. The molecule has 1 aliphatic rings. The topological polar surface area (TPSA) is 77.1 Å². The first-order chi connectivity index (χ1) is 16.7. The van der Waals surface area contributed by atoms with Crippen molar-refractivity contribution in [3.63, 3.8) is 0 Å². The summed E-state index contributed by atoms with van der Waals surface area (Å²) in [4.78, 5) is 24.5. The number of H-pyrrole nitrogens is 1. The lowest BCUT2D eigenvalue weighted by Gasteiger charge is -2.25. The number of Topliss-reactive ketones (excluding diaryl/α,β-unsaturated/α-hetero) is 1. The lowest BCUT2D eigenvalue weighted by atomic mass is 9.87. The van der Waals surface area contributed by atoms with E-state index in [2.05, 4.69) is 27.1 Å². The highest BCUT2D eigenvalue weighted by molar-refractivity contribution is 5.99. The van der Waals surface area contributed by atoms with Crippen molar-refractivity contribution in [2.24, 2.45) is 0 Å². The van der Waals surface area contributed by atoms with E-state index >= 15 is 0 Å². The van der Waals surface area contributed by atoms with E-state index < -0.39 is 0 Å². The fourth-order valence-electron chi connectivity index (χ4n) is 4.38. The second kappa shape index (κ2) is 9.91. The zero-order valence-electron chi connectivity index (χ0n) is 19.2. The van der Waals surface area contributed by atoms with Crippen molar-refractivity contribution in [3.05, 3.63) is 107 Å². The Hall–Kier alpha value is -3.93. The van der Waals surface area contributed by atoms with Gasteiger partial charge in [0.25, 0.3) is 0 Å². The predicted molar refractivity (Wildman–Crippen MR) is 129 cm³/mol. The number of carbonyl (C=O) groups is 1. The highest BCUT2D eigenvalue weighted by atomic mass is 16.5. The van der Waals surface area contributed by atoms with Gasteiger partial charge in [0.15, 0.2) is 5.78 Å². The number of benzene rings is 2. The van der Waals surface area contributed by atoms with Crippen LogP contribution in [0.5, 0.6) is 11.5 Å². The first kappa shape index (κ1) is 21.9. The average molecular weight is 454 g/mol. The molecule has 0 bridgehead atoms. The Morgan fingerprint density at radius 2 is 1.91 bits per heavy atom. The Labute approximate surface area is 199 Å². The quantitative estimate of drug-likeness (QED) is 0.377. The van der Waals surface area contributed by atoms with E-state index in [0.717, 1.165) is 52.4 Å². The van der Waals surface area contributed by atoms with Crippen LogP contribution in [0.25, 0.3) is 0 Å². The predicted octanol–water partition coefficient (Wildman–Crippen LogP) is 5.57. The van der Waals surface area contributed by atoms with Gasteiger partial charge in [0.1, 0.15) is 30.0 Å². The van der Waals surface area contributed by atoms with Gasteiger partial charge in [0.05, 0.1) is 6.20 Å². The molecule has 2 aromatic carbocycles. The summed E-state index contributed by atoms with van der Waals surface area (Å²) >= 11 is 0.